The topological polar surface area (TPSA) is 155 Å². The van der Waals surface area contributed by atoms with Crippen LogP contribution in [0.4, 0.5) is 5.13 Å². The molecule has 0 spiro atoms. The second kappa shape index (κ2) is 10.2. The Kier molecular flexibility index (Phi) is 6.98. The van der Waals surface area contributed by atoms with Gasteiger partial charge in [-0.15, -0.1) is 34.4 Å². The molecule has 3 aromatic rings. The van der Waals surface area contributed by atoms with Gasteiger partial charge in [0.05, 0.1) is 10.7 Å². The fourth-order valence-electron chi connectivity index (χ4n) is 4.05. The van der Waals surface area contributed by atoms with Crippen LogP contribution in [0.25, 0.3) is 11.3 Å². The van der Waals surface area contributed by atoms with Gasteiger partial charge in [-0.1, -0.05) is 5.16 Å². The standard InChI is InChI=1S/C22H18ClN7O4S3/c1-10-25-13(8-35-10)11-2-4-29(5-3-11)6-12-7-36-21-16(20(33)30(21)17(12)18(23)31)27-19(32)15(28-34)14-9-37-22(24)26-14/h2-5,8-9,16,21H,6-7H2,1H3,(H3-,24,26,27,32,34)/p+1/t16-,21+/m1/s1. The van der Waals surface area contributed by atoms with E-state index in [-0.39, 0.29) is 22.2 Å². The fourth-order valence-corrected chi connectivity index (χ4v) is 6.78. The molecular weight excluding hydrogens is 558 g/mol. The van der Waals surface area contributed by atoms with E-state index in [1.807, 2.05) is 41.4 Å². The zero-order chi connectivity index (χ0) is 26.3. The number of nitrogens with one attached hydrogen (secondary N) is 1. The Bertz CT molecular complexity index is 1470. The van der Waals surface area contributed by atoms with E-state index in [4.69, 9.17) is 17.3 Å². The van der Waals surface area contributed by atoms with E-state index in [0.717, 1.165) is 27.6 Å². The van der Waals surface area contributed by atoms with Gasteiger partial charge in [0.25, 0.3) is 17.1 Å². The zero-order valence-corrected chi connectivity index (χ0v) is 22.3. The molecule has 0 saturated carbocycles. The number of nitrogen functional groups attached to an aromatic ring is 1. The lowest BCUT2D eigenvalue weighted by molar-refractivity contribution is -0.689. The highest BCUT2D eigenvalue weighted by molar-refractivity contribution is 8.00. The third-order valence-electron chi connectivity index (χ3n) is 5.78. The van der Waals surface area contributed by atoms with Gasteiger partial charge in [-0.25, -0.2) is 14.5 Å². The third kappa shape index (κ3) is 4.84. The van der Waals surface area contributed by atoms with Crippen LogP contribution in [0.2, 0.25) is 0 Å². The largest absolute Gasteiger partial charge is 0.410 e. The Morgan fingerprint density at radius 2 is 2.05 bits per heavy atom. The minimum Gasteiger partial charge on any atom is -0.410 e. The molecule has 190 valence electrons. The van der Waals surface area contributed by atoms with Crippen LogP contribution in [0.15, 0.2) is 51.7 Å². The molecule has 5 heterocycles. The molecule has 2 aliphatic heterocycles. The number of oxime groups is 1. The molecule has 4 N–H and O–H groups in total. The van der Waals surface area contributed by atoms with Crippen LogP contribution in [0.3, 0.4) is 0 Å². The molecule has 2 aliphatic rings. The molecule has 0 aliphatic carbocycles. The highest BCUT2D eigenvalue weighted by Crippen LogP contribution is 2.41. The van der Waals surface area contributed by atoms with E-state index in [9.17, 15) is 19.6 Å². The van der Waals surface area contributed by atoms with Crippen LogP contribution < -0.4 is 15.6 Å². The number of hydrogen-bond donors (Lipinski definition) is 3. The van der Waals surface area contributed by atoms with Gasteiger partial charge in [-0.2, -0.15) is 0 Å². The number of hydrogen-bond acceptors (Lipinski definition) is 11. The number of nitrogens with two attached hydrogens (primary N) is 1. The maximum absolute atomic E-state index is 13.0. The van der Waals surface area contributed by atoms with E-state index in [2.05, 4.69) is 20.4 Å². The van der Waals surface area contributed by atoms with E-state index in [1.54, 1.807) is 11.3 Å². The summed E-state index contributed by atoms with van der Waals surface area (Å²) in [4.78, 5) is 47.8. The lowest BCUT2D eigenvalue weighted by Crippen LogP contribution is -2.71. The predicted molar refractivity (Wildman–Crippen MR) is 140 cm³/mol. The van der Waals surface area contributed by atoms with Crippen molar-refractivity contribution in [3.05, 3.63) is 57.3 Å². The van der Waals surface area contributed by atoms with E-state index < -0.39 is 28.5 Å². The first kappa shape index (κ1) is 25.3. The number of nitrogens with zero attached hydrogens (tertiary/aromatic N) is 5. The molecule has 0 unspecified atom stereocenters. The normalized spacial score (nSPS) is 19.5. The van der Waals surface area contributed by atoms with Crippen LogP contribution in [-0.4, -0.2) is 60.0 Å². The average Bonchev–Trinajstić information content (AvgIpc) is 3.51. The van der Waals surface area contributed by atoms with Crippen LogP contribution in [0.1, 0.15) is 10.7 Å². The number of allylic oxidation sites excluding steroid dienone is 1. The Labute approximate surface area is 227 Å². The summed E-state index contributed by atoms with van der Waals surface area (Å²) in [6.45, 7) is 2.31. The van der Waals surface area contributed by atoms with Crippen molar-refractivity contribution in [1.29, 1.82) is 0 Å². The second-order valence-corrected chi connectivity index (χ2v) is 11.5. The summed E-state index contributed by atoms with van der Waals surface area (Å²) in [5.41, 5.74) is 8.00. The van der Waals surface area contributed by atoms with Gasteiger partial charge < -0.3 is 16.3 Å². The Hall–Kier alpha value is -3.33. The quantitative estimate of drug-likeness (QED) is 0.0959. The fraction of sp³-hybridized carbons (Fsp3) is 0.227. The molecule has 2 amide bonds. The monoisotopic (exact) mass is 576 g/mol. The van der Waals surface area contributed by atoms with Crippen LogP contribution in [-0.2, 0) is 20.9 Å². The average molecular weight is 577 g/mol. The van der Waals surface area contributed by atoms with Gasteiger partial charge in [-0.3, -0.25) is 19.3 Å². The number of aryl methyl sites for hydroxylation is 1. The van der Waals surface area contributed by atoms with Crippen molar-refractivity contribution in [3.8, 4) is 11.3 Å². The van der Waals surface area contributed by atoms with Crippen LogP contribution in [0, 0.1) is 6.92 Å². The molecule has 2 atom stereocenters. The molecule has 11 nitrogen and oxygen atoms in total. The zero-order valence-electron chi connectivity index (χ0n) is 19.1. The van der Waals surface area contributed by atoms with Crippen molar-refractivity contribution in [3.63, 3.8) is 0 Å². The molecule has 0 radical (unpaired) electrons. The van der Waals surface area contributed by atoms with Gasteiger partial charge in [0.15, 0.2) is 29.8 Å². The van der Waals surface area contributed by atoms with Gasteiger partial charge in [0, 0.05) is 39.8 Å². The van der Waals surface area contributed by atoms with E-state index in [0.29, 0.717) is 17.9 Å². The number of anilines is 1. The number of pyridine rings is 1. The third-order valence-corrected chi connectivity index (χ3v) is 8.75. The molecular formula is C22H19ClN7O4S3+. The molecule has 15 heteroatoms. The maximum atomic E-state index is 13.0. The summed E-state index contributed by atoms with van der Waals surface area (Å²) in [5.74, 6) is -0.842. The number of thioether (sulfide) groups is 1. The van der Waals surface area contributed by atoms with Gasteiger partial charge in [0.1, 0.15) is 22.8 Å². The van der Waals surface area contributed by atoms with E-state index in [1.165, 1.54) is 22.0 Å². The van der Waals surface area contributed by atoms with Gasteiger partial charge >= 0.3 is 0 Å². The number of carbonyl (C=O) groups excluding carboxylic acids is 3. The summed E-state index contributed by atoms with van der Waals surface area (Å²) < 4.78 is 1.89. The summed E-state index contributed by atoms with van der Waals surface area (Å²) in [5, 5.41) is 18.3. The minimum absolute atomic E-state index is 0.0918. The minimum atomic E-state index is -0.925. The first-order chi connectivity index (χ1) is 17.8. The first-order valence-corrected chi connectivity index (χ1v) is 14.0. The number of carbonyl (C=O) groups is 3. The van der Waals surface area contributed by atoms with Crippen molar-refractivity contribution >= 4 is 73.9 Å². The number of thiazole rings is 2. The predicted octanol–water partition coefficient (Wildman–Crippen LogP) is 1.74. The molecule has 37 heavy (non-hydrogen) atoms. The Morgan fingerprint density at radius 3 is 2.65 bits per heavy atom. The second-order valence-electron chi connectivity index (χ2n) is 8.12. The van der Waals surface area contributed by atoms with Gasteiger partial charge in [0.2, 0.25) is 0 Å². The molecule has 5 rings (SSSR count). The summed E-state index contributed by atoms with van der Waals surface area (Å²) >= 11 is 9.98. The van der Waals surface area contributed by atoms with Crippen molar-refractivity contribution in [2.45, 2.75) is 24.9 Å². The number of amides is 2. The van der Waals surface area contributed by atoms with Crippen molar-refractivity contribution in [2.24, 2.45) is 5.16 Å². The van der Waals surface area contributed by atoms with Crippen molar-refractivity contribution in [1.82, 2.24) is 20.2 Å². The Morgan fingerprint density at radius 1 is 1.30 bits per heavy atom. The van der Waals surface area contributed by atoms with Crippen LogP contribution in [0.5, 0.6) is 0 Å². The maximum Gasteiger partial charge on any atom is 0.276 e. The molecule has 1 saturated heterocycles. The number of fused-ring (bicyclic) bond motifs is 1. The van der Waals surface area contributed by atoms with E-state index >= 15 is 0 Å². The highest BCUT2D eigenvalue weighted by Gasteiger charge is 2.54. The molecule has 0 aromatic carbocycles. The molecule has 0 bridgehead atoms. The number of halogens is 1. The summed E-state index contributed by atoms with van der Waals surface area (Å²) in [6.07, 6.45) is 3.76. The van der Waals surface area contributed by atoms with Crippen molar-refractivity contribution in [2.75, 3.05) is 11.5 Å². The smallest absolute Gasteiger partial charge is 0.276 e. The molecule has 1 fully saturated rings. The first-order valence-electron chi connectivity index (χ1n) is 10.8. The SMILES string of the molecule is Cc1nc(-c2cc[n+](CC3=C(C(=O)Cl)N4C(=O)[C@@H](NC(=O)C(=NO)c5csc(N)n5)[C@@H]4SC3)cc2)cs1. The summed E-state index contributed by atoms with van der Waals surface area (Å²) in [6, 6.07) is 2.95. The number of aromatic nitrogens is 3. The lowest BCUT2D eigenvalue weighted by atomic mass is 10.0. The van der Waals surface area contributed by atoms with Crippen molar-refractivity contribution < 1.29 is 24.2 Å². The van der Waals surface area contributed by atoms with Gasteiger partial charge in [-0.05, 0) is 18.5 Å². The number of rotatable bonds is 7. The molecule has 3 aromatic heterocycles. The van der Waals surface area contributed by atoms with Crippen LogP contribution >= 0.6 is 46.0 Å². The Balaban J connectivity index is 1.31. The lowest BCUT2D eigenvalue weighted by Gasteiger charge is -2.49. The number of β-lactam (4-membered cyclic amide) rings is 1. The highest BCUT2D eigenvalue weighted by atomic mass is 35.5. The summed E-state index contributed by atoms with van der Waals surface area (Å²) in [7, 11) is 0.